The van der Waals surface area contributed by atoms with Crippen molar-refractivity contribution in [1.29, 1.82) is 0 Å². The monoisotopic (exact) mass is 167 g/mol. The Morgan fingerprint density at radius 3 is 2.75 bits per heavy atom. The van der Waals surface area contributed by atoms with Gasteiger partial charge in [0.1, 0.15) is 0 Å². The molecule has 0 bridgehead atoms. The van der Waals surface area contributed by atoms with Gasteiger partial charge in [0, 0.05) is 25.5 Å². The van der Waals surface area contributed by atoms with Crippen LogP contribution in [-0.4, -0.2) is 22.5 Å². The quantitative estimate of drug-likeness (QED) is 0.639. The number of aliphatic imine (C=N–C) groups is 1. The second-order valence-corrected chi connectivity index (χ2v) is 2.64. The van der Waals surface area contributed by atoms with Crippen molar-refractivity contribution in [2.45, 2.75) is 13.8 Å². The largest absolute Gasteiger partial charge is 0.300 e. The van der Waals surface area contributed by atoms with E-state index in [0.29, 0.717) is 12.1 Å². The Balaban J connectivity index is 3.14. The molecule has 12 heavy (non-hydrogen) atoms. The minimum atomic E-state index is -0.0234. The second-order valence-electron chi connectivity index (χ2n) is 2.64. The molecule has 4 heteroatoms. The number of H-pyrrole nitrogens is 1. The van der Waals surface area contributed by atoms with Crippen molar-refractivity contribution in [2.75, 3.05) is 6.54 Å². The van der Waals surface area contributed by atoms with E-state index in [1.165, 1.54) is 4.68 Å². The summed E-state index contributed by atoms with van der Waals surface area (Å²) in [4.78, 5) is 15.4. The molecule has 0 aromatic carbocycles. The Morgan fingerprint density at radius 2 is 2.33 bits per heavy atom. The van der Waals surface area contributed by atoms with Crippen LogP contribution in [0.15, 0.2) is 9.79 Å². The highest BCUT2D eigenvalue weighted by Gasteiger charge is 2.04. The summed E-state index contributed by atoms with van der Waals surface area (Å²) >= 11 is 0. The minimum Gasteiger partial charge on any atom is -0.300 e. The third kappa shape index (κ3) is 1.47. The molecule has 0 aliphatic rings. The van der Waals surface area contributed by atoms with E-state index in [4.69, 9.17) is 0 Å². The summed E-state index contributed by atoms with van der Waals surface area (Å²) in [6.07, 6.45) is 1.62. The van der Waals surface area contributed by atoms with Crippen molar-refractivity contribution in [3.63, 3.8) is 0 Å². The fraction of sp³-hybridized carbons (Fsp3) is 0.500. The second kappa shape index (κ2) is 3.38. The lowest BCUT2D eigenvalue weighted by molar-refractivity contribution is 0.731. The van der Waals surface area contributed by atoms with Gasteiger partial charge in [0.25, 0.3) is 5.56 Å². The smallest absolute Gasteiger partial charge is 0.275 e. The van der Waals surface area contributed by atoms with Crippen molar-refractivity contribution in [2.24, 2.45) is 12.0 Å². The number of hydrogen-bond acceptors (Lipinski definition) is 2. The predicted molar refractivity (Wildman–Crippen MR) is 48.9 cm³/mol. The Kier molecular flexibility index (Phi) is 2.47. The van der Waals surface area contributed by atoms with E-state index in [-0.39, 0.29) is 5.56 Å². The van der Waals surface area contributed by atoms with Crippen LogP contribution in [-0.2, 0) is 7.05 Å². The summed E-state index contributed by atoms with van der Waals surface area (Å²) < 4.78 is 1.45. The number of aromatic nitrogens is 2. The molecule has 0 aliphatic heterocycles. The Morgan fingerprint density at radius 1 is 1.67 bits per heavy atom. The van der Waals surface area contributed by atoms with Crippen LogP contribution in [0.5, 0.6) is 0 Å². The van der Waals surface area contributed by atoms with Crippen LogP contribution in [0.4, 0.5) is 0 Å². The molecule has 0 atom stereocenters. The lowest BCUT2D eigenvalue weighted by atomic mass is 10.3. The minimum absolute atomic E-state index is 0.0234. The number of rotatable bonds is 2. The molecular weight excluding hydrogens is 154 g/mol. The molecule has 1 rings (SSSR count). The van der Waals surface area contributed by atoms with Crippen LogP contribution in [0, 0.1) is 6.92 Å². The fourth-order valence-corrected chi connectivity index (χ4v) is 1.04. The molecule has 0 spiro atoms. The first-order chi connectivity index (χ1) is 5.66. The zero-order valence-corrected chi connectivity index (χ0v) is 7.59. The summed E-state index contributed by atoms with van der Waals surface area (Å²) in [6, 6.07) is 0. The molecule has 4 nitrogen and oxygen atoms in total. The molecule has 0 amide bonds. The van der Waals surface area contributed by atoms with Crippen LogP contribution >= 0.6 is 0 Å². The molecule has 1 aromatic heterocycles. The lowest BCUT2D eigenvalue weighted by Crippen LogP contribution is -2.14. The highest BCUT2D eigenvalue weighted by Crippen LogP contribution is 1.93. The van der Waals surface area contributed by atoms with Crippen LogP contribution in [0.3, 0.4) is 0 Å². The van der Waals surface area contributed by atoms with Gasteiger partial charge in [0.05, 0.1) is 5.56 Å². The van der Waals surface area contributed by atoms with E-state index in [1.807, 2.05) is 13.8 Å². The first-order valence-corrected chi connectivity index (χ1v) is 3.92. The third-order valence-electron chi connectivity index (χ3n) is 1.68. The first-order valence-electron chi connectivity index (χ1n) is 3.92. The molecule has 1 heterocycles. The topological polar surface area (TPSA) is 50.1 Å². The van der Waals surface area contributed by atoms with Gasteiger partial charge >= 0.3 is 0 Å². The normalized spacial score (nSPS) is 11.2. The maximum Gasteiger partial charge on any atom is 0.275 e. The Hall–Kier alpha value is -1.32. The maximum atomic E-state index is 11.3. The molecule has 0 radical (unpaired) electrons. The van der Waals surface area contributed by atoms with E-state index < -0.39 is 0 Å². The van der Waals surface area contributed by atoms with Gasteiger partial charge in [-0.3, -0.25) is 19.6 Å². The molecule has 0 fully saturated rings. The first kappa shape index (κ1) is 8.77. The molecule has 1 N–H and O–H groups in total. The maximum absolute atomic E-state index is 11.3. The molecule has 0 unspecified atom stereocenters. The summed E-state index contributed by atoms with van der Waals surface area (Å²) in [5, 5.41) is 2.90. The number of nitrogens with one attached hydrogen (secondary N) is 1. The molecule has 0 aliphatic carbocycles. The van der Waals surface area contributed by atoms with Gasteiger partial charge in [-0.25, -0.2) is 0 Å². The van der Waals surface area contributed by atoms with Gasteiger partial charge < -0.3 is 0 Å². The van der Waals surface area contributed by atoms with E-state index in [0.717, 1.165) is 5.69 Å². The van der Waals surface area contributed by atoms with Crippen molar-refractivity contribution in [1.82, 2.24) is 9.78 Å². The number of aryl methyl sites for hydroxylation is 2. The molecule has 0 saturated heterocycles. The average Bonchev–Trinajstić information content (AvgIpc) is 2.25. The molecular formula is C8H13N3O. The number of hydrogen-bond donors (Lipinski definition) is 1. The van der Waals surface area contributed by atoms with Gasteiger partial charge in [0.15, 0.2) is 0 Å². The van der Waals surface area contributed by atoms with Crippen molar-refractivity contribution in [3.8, 4) is 0 Å². The molecule has 0 saturated carbocycles. The van der Waals surface area contributed by atoms with Crippen molar-refractivity contribution >= 4 is 6.21 Å². The summed E-state index contributed by atoms with van der Waals surface area (Å²) in [6.45, 7) is 4.50. The van der Waals surface area contributed by atoms with Gasteiger partial charge in [-0.2, -0.15) is 0 Å². The van der Waals surface area contributed by atoms with Crippen molar-refractivity contribution in [3.05, 3.63) is 21.6 Å². The standard InChI is InChI=1S/C8H13N3O/c1-4-9-5-7-6(2)10-11(3)8(7)12/h5,10H,4H2,1-3H3. The van der Waals surface area contributed by atoms with Gasteiger partial charge in [0.2, 0.25) is 0 Å². The van der Waals surface area contributed by atoms with E-state index in [9.17, 15) is 4.79 Å². The summed E-state index contributed by atoms with van der Waals surface area (Å²) in [5.74, 6) is 0. The zero-order chi connectivity index (χ0) is 9.14. The van der Waals surface area contributed by atoms with Crippen molar-refractivity contribution < 1.29 is 0 Å². The molecule has 66 valence electrons. The van der Waals surface area contributed by atoms with Gasteiger partial charge in [-0.15, -0.1) is 0 Å². The van der Waals surface area contributed by atoms with Crippen LogP contribution < -0.4 is 5.56 Å². The summed E-state index contributed by atoms with van der Waals surface area (Å²) in [5.41, 5.74) is 1.49. The molecule has 1 aromatic rings. The zero-order valence-electron chi connectivity index (χ0n) is 7.59. The van der Waals surface area contributed by atoms with Gasteiger partial charge in [-0.1, -0.05) is 0 Å². The fourth-order valence-electron chi connectivity index (χ4n) is 1.04. The summed E-state index contributed by atoms with van der Waals surface area (Å²) in [7, 11) is 1.69. The Bertz CT molecular complexity index is 346. The van der Waals surface area contributed by atoms with E-state index >= 15 is 0 Å². The predicted octanol–water partition coefficient (Wildman–Crippen LogP) is 0.461. The van der Waals surface area contributed by atoms with Crippen LogP contribution in [0.25, 0.3) is 0 Å². The van der Waals surface area contributed by atoms with Gasteiger partial charge in [-0.05, 0) is 13.8 Å². The highest BCUT2D eigenvalue weighted by molar-refractivity contribution is 5.80. The third-order valence-corrected chi connectivity index (χ3v) is 1.68. The number of nitrogens with zero attached hydrogens (tertiary/aromatic N) is 2. The van der Waals surface area contributed by atoms with E-state index in [1.54, 1.807) is 13.3 Å². The Labute approximate surface area is 70.9 Å². The number of aromatic amines is 1. The SMILES string of the molecule is CCN=Cc1c(C)[nH]n(C)c1=O. The average molecular weight is 167 g/mol. The highest BCUT2D eigenvalue weighted by atomic mass is 16.1. The van der Waals surface area contributed by atoms with Crippen LogP contribution in [0.1, 0.15) is 18.2 Å². The van der Waals surface area contributed by atoms with E-state index in [2.05, 4.69) is 10.1 Å². The lowest BCUT2D eigenvalue weighted by Gasteiger charge is -1.84. The van der Waals surface area contributed by atoms with Crippen LogP contribution in [0.2, 0.25) is 0 Å².